The molecule has 0 heterocycles. The third-order valence-electron chi connectivity index (χ3n) is 4.03. The largest absolute Gasteiger partial charge is 0.342 e. The number of rotatable bonds is 3. The maximum atomic E-state index is 12.2. The van der Waals surface area contributed by atoms with Crippen LogP contribution in [-0.2, 0) is 4.79 Å². The van der Waals surface area contributed by atoms with Crippen LogP contribution in [0.5, 0.6) is 0 Å². The summed E-state index contributed by atoms with van der Waals surface area (Å²) < 4.78 is 0. The zero-order valence-electron chi connectivity index (χ0n) is 11.8. The lowest BCUT2D eigenvalue weighted by Crippen LogP contribution is -2.45. The van der Waals surface area contributed by atoms with Crippen molar-refractivity contribution < 1.29 is 4.79 Å². The number of hydrogen-bond donors (Lipinski definition) is 0. The molecule has 0 aromatic carbocycles. The molecule has 0 aliphatic heterocycles. The molecule has 1 aliphatic rings. The first kappa shape index (κ1) is 15.0. The Morgan fingerprint density at radius 2 is 1.76 bits per heavy atom. The average molecular weight is 304 g/mol. The first-order valence-electron chi connectivity index (χ1n) is 6.65. The molecule has 1 unspecified atom stereocenters. The lowest BCUT2D eigenvalue weighted by Gasteiger charge is -2.39. The molecule has 0 N–H and O–H groups in total. The Hall–Kier alpha value is -0.0500. The van der Waals surface area contributed by atoms with E-state index in [2.05, 4.69) is 43.6 Å². The Kier molecular flexibility index (Phi) is 5.06. The van der Waals surface area contributed by atoms with Gasteiger partial charge in [-0.05, 0) is 37.0 Å². The molecule has 1 fully saturated rings. The number of hydrogen-bond acceptors (Lipinski definition) is 1. The maximum Gasteiger partial charge on any atom is 0.236 e. The molecule has 0 radical (unpaired) electrons. The lowest BCUT2D eigenvalue weighted by atomic mass is 9.75. The quantitative estimate of drug-likeness (QED) is 0.726. The summed E-state index contributed by atoms with van der Waals surface area (Å²) in [5.41, 5.74) is 0.465. The molecule has 0 aromatic rings. The van der Waals surface area contributed by atoms with Crippen molar-refractivity contribution in [2.45, 2.75) is 64.2 Å². The van der Waals surface area contributed by atoms with Gasteiger partial charge in [-0.2, -0.15) is 0 Å². The topological polar surface area (TPSA) is 20.3 Å². The number of alkyl halides is 1. The van der Waals surface area contributed by atoms with Crippen molar-refractivity contribution in [3.05, 3.63) is 0 Å². The molecule has 2 nitrogen and oxygen atoms in total. The number of carbonyl (C=O) groups excluding carboxylic acids is 1. The minimum atomic E-state index is -0.0394. The molecule has 100 valence electrons. The lowest BCUT2D eigenvalue weighted by molar-refractivity contribution is -0.133. The Morgan fingerprint density at radius 3 is 2.18 bits per heavy atom. The van der Waals surface area contributed by atoms with Gasteiger partial charge in [0, 0.05) is 13.1 Å². The Morgan fingerprint density at radius 1 is 1.29 bits per heavy atom. The molecule has 0 spiro atoms. The van der Waals surface area contributed by atoms with Gasteiger partial charge in [-0.3, -0.25) is 4.79 Å². The molecule has 0 aromatic heterocycles. The van der Waals surface area contributed by atoms with E-state index in [0.717, 1.165) is 12.8 Å². The summed E-state index contributed by atoms with van der Waals surface area (Å²) in [6.45, 7) is 8.81. The van der Waals surface area contributed by atoms with E-state index in [1.165, 1.54) is 12.8 Å². The predicted molar refractivity (Wildman–Crippen MR) is 76.4 cm³/mol. The van der Waals surface area contributed by atoms with Crippen LogP contribution >= 0.6 is 15.9 Å². The van der Waals surface area contributed by atoms with Gasteiger partial charge in [0.15, 0.2) is 0 Å². The average Bonchev–Trinajstić information content (AvgIpc) is 2.26. The number of amides is 1. The monoisotopic (exact) mass is 303 g/mol. The predicted octanol–water partition coefficient (Wildman–Crippen LogP) is 3.83. The van der Waals surface area contributed by atoms with Crippen molar-refractivity contribution >= 4 is 21.8 Å². The number of carbonyl (C=O) groups is 1. The molecule has 0 bridgehead atoms. The van der Waals surface area contributed by atoms with Crippen molar-refractivity contribution in [1.82, 2.24) is 4.90 Å². The van der Waals surface area contributed by atoms with E-state index in [4.69, 9.17) is 0 Å². The van der Waals surface area contributed by atoms with Gasteiger partial charge < -0.3 is 4.90 Å². The van der Waals surface area contributed by atoms with E-state index in [0.29, 0.717) is 17.4 Å². The van der Waals surface area contributed by atoms with E-state index < -0.39 is 0 Å². The summed E-state index contributed by atoms with van der Waals surface area (Å²) in [7, 11) is 1.96. The Balaban J connectivity index is 2.54. The van der Waals surface area contributed by atoms with Crippen molar-refractivity contribution in [3.8, 4) is 0 Å². The Labute approximate surface area is 114 Å². The summed E-state index contributed by atoms with van der Waals surface area (Å²) >= 11 is 3.51. The van der Waals surface area contributed by atoms with Crippen molar-refractivity contribution in [2.24, 2.45) is 11.3 Å². The van der Waals surface area contributed by atoms with Crippen molar-refractivity contribution in [2.75, 3.05) is 7.05 Å². The Bertz CT molecular complexity index is 265. The fraction of sp³-hybridized carbons (Fsp3) is 0.929. The molecular formula is C14H26BrNO. The highest BCUT2D eigenvalue weighted by Crippen LogP contribution is 2.37. The second kappa shape index (κ2) is 5.73. The van der Waals surface area contributed by atoms with Crippen molar-refractivity contribution in [1.29, 1.82) is 0 Å². The third-order valence-corrected chi connectivity index (χ3v) is 5.47. The number of halogens is 1. The van der Waals surface area contributed by atoms with Crippen LogP contribution in [-0.4, -0.2) is 28.7 Å². The fourth-order valence-corrected chi connectivity index (χ4v) is 2.75. The minimum Gasteiger partial charge on any atom is -0.342 e. The SMILES string of the molecule is CC(C)C(Br)C(=O)N(C)C1CCC(C)(C)CC1. The maximum absolute atomic E-state index is 12.2. The van der Waals surface area contributed by atoms with Crippen LogP contribution in [0, 0.1) is 11.3 Å². The highest BCUT2D eigenvalue weighted by Gasteiger charge is 2.32. The molecule has 0 saturated heterocycles. The van der Waals surface area contributed by atoms with Crippen LogP contribution in [0.1, 0.15) is 53.4 Å². The highest BCUT2D eigenvalue weighted by atomic mass is 79.9. The first-order chi connectivity index (χ1) is 7.74. The van der Waals surface area contributed by atoms with Crippen LogP contribution in [0.4, 0.5) is 0 Å². The van der Waals surface area contributed by atoms with Gasteiger partial charge >= 0.3 is 0 Å². The fourth-order valence-electron chi connectivity index (χ4n) is 2.43. The van der Waals surface area contributed by atoms with Crippen LogP contribution in [0.25, 0.3) is 0 Å². The number of nitrogens with zero attached hydrogens (tertiary/aromatic N) is 1. The molecule has 3 heteroatoms. The van der Waals surface area contributed by atoms with Gasteiger partial charge in [0.1, 0.15) is 0 Å². The second-order valence-corrected chi connectivity index (χ2v) is 7.48. The van der Waals surface area contributed by atoms with Gasteiger partial charge in [-0.25, -0.2) is 0 Å². The zero-order chi connectivity index (χ0) is 13.2. The molecule has 1 atom stereocenters. The molecule has 1 saturated carbocycles. The first-order valence-corrected chi connectivity index (χ1v) is 7.57. The molecule has 17 heavy (non-hydrogen) atoms. The van der Waals surface area contributed by atoms with Gasteiger partial charge in [0.2, 0.25) is 5.91 Å². The summed E-state index contributed by atoms with van der Waals surface area (Å²) in [6.07, 6.45) is 4.74. The standard InChI is InChI=1S/C14H26BrNO/c1-10(2)12(15)13(17)16(5)11-6-8-14(3,4)9-7-11/h10-12H,6-9H2,1-5H3. The zero-order valence-corrected chi connectivity index (χ0v) is 13.4. The third kappa shape index (κ3) is 3.97. The minimum absolute atomic E-state index is 0.0394. The van der Waals surface area contributed by atoms with Crippen LogP contribution < -0.4 is 0 Å². The van der Waals surface area contributed by atoms with Gasteiger partial charge in [0.25, 0.3) is 0 Å². The summed E-state index contributed by atoms with van der Waals surface area (Å²) in [4.78, 5) is 14.2. The molecule has 1 aliphatic carbocycles. The second-order valence-electron chi connectivity index (χ2n) is 6.49. The van der Waals surface area contributed by atoms with E-state index >= 15 is 0 Å². The van der Waals surface area contributed by atoms with E-state index in [9.17, 15) is 4.79 Å². The van der Waals surface area contributed by atoms with E-state index in [1.54, 1.807) is 0 Å². The molecular weight excluding hydrogens is 278 g/mol. The normalized spacial score (nSPS) is 22.5. The van der Waals surface area contributed by atoms with Crippen LogP contribution in [0.15, 0.2) is 0 Å². The van der Waals surface area contributed by atoms with Crippen molar-refractivity contribution in [3.63, 3.8) is 0 Å². The van der Waals surface area contributed by atoms with Crippen LogP contribution in [0.3, 0.4) is 0 Å². The summed E-state index contributed by atoms with van der Waals surface area (Å²) in [5.74, 6) is 0.592. The van der Waals surface area contributed by atoms with Gasteiger partial charge in [0.05, 0.1) is 4.83 Å². The smallest absolute Gasteiger partial charge is 0.236 e. The van der Waals surface area contributed by atoms with E-state index in [1.807, 2.05) is 11.9 Å². The van der Waals surface area contributed by atoms with Crippen LogP contribution in [0.2, 0.25) is 0 Å². The van der Waals surface area contributed by atoms with Gasteiger partial charge in [-0.15, -0.1) is 0 Å². The van der Waals surface area contributed by atoms with Gasteiger partial charge in [-0.1, -0.05) is 43.6 Å². The summed E-state index contributed by atoms with van der Waals surface area (Å²) in [5, 5.41) is 0. The van der Waals surface area contributed by atoms with E-state index in [-0.39, 0.29) is 10.7 Å². The molecule has 1 rings (SSSR count). The molecule has 1 amide bonds. The highest BCUT2D eigenvalue weighted by molar-refractivity contribution is 9.10. The summed E-state index contributed by atoms with van der Waals surface area (Å²) in [6, 6.07) is 0.439.